The van der Waals surface area contributed by atoms with Gasteiger partial charge in [0.15, 0.2) is 12.0 Å². The quantitative estimate of drug-likeness (QED) is 0.0243. The molecule has 3 heterocycles. The van der Waals surface area contributed by atoms with Crippen LogP contribution in [0.1, 0.15) is 87.0 Å². The number of carbonyl (C=O) groups is 3. The Morgan fingerprint density at radius 2 is 1.47 bits per heavy atom. The Bertz CT molecular complexity index is 2940. The van der Waals surface area contributed by atoms with Crippen LogP contribution in [0.5, 0.6) is 0 Å². The maximum absolute atomic E-state index is 12.8. The lowest BCUT2D eigenvalue weighted by Gasteiger charge is -2.27. The van der Waals surface area contributed by atoms with Gasteiger partial charge < -0.3 is 10.2 Å². The fourth-order valence-electron chi connectivity index (χ4n) is 8.11. The van der Waals surface area contributed by atoms with Gasteiger partial charge in [0, 0.05) is 59.5 Å². The molecule has 0 saturated heterocycles. The molecule has 0 bridgehead atoms. The number of ketones is 1. The summed E-state index contributed by atoms with van der Waals surface area (Å²) in [7, 11) is -13.3. The van der Waals surface area contributed by atoms with E-state index in [0.717, 1.165) is 11.4 Å². The van der Waals surface area contributed by atoms with Crippen molar-refractivity contribution in [1.82, 2.24) is 20.3 Å². The molecule has 1 amide bonds. The van der Waals surface area contributed by atoms with E-state index < -0.39 is 52.7 Å². The van der Waals surface area contributed by atoms with E-state index in [1.54, 1.807) is 36.5 Å². The Labute approximate surface area is 371 Å². The van der Waals surface area contributed by atoms with Crippen LogP contribution in [0.2, 0.25) is 0 Å². The number of carbonyl (C=O) groups excluding carboxylic acids is 3. The molecule has 18 nitrogen and oxygen atoms in total. The van der Waals surface area contributed by atoms with Gasteiger partial charge in [-0.1, -0.05) is 31.6 Å². The van der Waals surface area contributed by atoms with E-state index >= 15 is 0 Å². The number of unbranched alkanes of at least 4 members (excludes halogenated alkanes) is 2. The molecule has 2 aliphatic heterocycles. The first-order valence-electron chi connectivity index (χ1n) is 20.2. The summed E-state index contributed by atoms with van der Waals surface area (Å²) in [4.78, 5) is 36.6. The summed E-state index contributed by atoms with van der Waals surface area (Å²) < 4.78 is 104. The number of allylic oxidation sites excluding steroid dienone is 4. The van der Waals surface area contributed by atoms with Crippen molar-refractivity contribution in [1.29, 1.82) is 0 Å². The lowest BCUT2D eigenvalue weighted by Crippen LogP contribution is -2.29. The van der Waals surface area contributed by atoms with Crippen LogP contribution in [0, 0.1) is 0 Å². The highest BCUT2D eigenvalue weighted by Gasteiger charge is 2.45. The Balaban J connectivity index is 1.17. The number of aldehydes is 1. The molecule has 64 heavy (non-hydrogen) atoms. The fourth-order valence-corrected chi connectivity index (χ4v) is 9.62. The molecule has 0 aliphatic carbocycles. The number of hydrogen-bond acceptors (Lipinski definition) is 12. The molecule has 0 radical (unpaired) electrons. The molecule has 0 atom stereocenters. The van der Waals surface area contributed by atoms with E-state index in [0.29, 0.717) is 59.7 Å². The van der Waals surface area contributed by atoms with Gasteiger partial charge in [-0.3, -0.25) is 28.0 Å². The third-order valence-electron chi connectivity index (χ3n) is 11.4. The number of nitrogens with zero attached hydrogens (tertiary/aromatic N) is 5. The van der Waals surface area contributed by atoms with Crippen LogP contribution < -0.4 is 10.2 Å². The average molecular weight is 938 g/mol. The Morgan fingerprint density at radius 1 is 0.812 bits per heavy atom. The minimum absolute atomic E-state index is 0.0517. The first-order chi connectivity index (χ1) is 29.9. The molecule has 1 aromatic heterocycles. The molecule has 2 aliphatic rings. The molecular formula is C43H49N6O12S3+. The van der Waals surface area contributed by atoms with E-state index in [4.69, 9.17) is 0 Å². The van der Waals surface area contributed by atoms with Crippen molar-refractivity contribution in [3.05, 3.63) is 113 Å². The largest absolute Gasteiger partial charge is 0.350 e. The molecule has 0 fully saturated rings. The molecule has 340 valence electrons. The summed E-state index contributed by atoms with van der Waals surface area (Å²) in [5.41, 5.74) is 3.83. The summed E-state index contributed by atoms with van der Waals surface area (Å²) >= 11 is 0. The van der Waals surface area contributed by atoms with Crippen LogP contribution in [0.4, 0.5) is 11.4 Å². The van der Waals surface area contributed by atoms with Crippen molar-refractivity contribution in [2.24, 2.45) is 0 Å². The van der Waals surface area contributed by atoms with E-state index in [1.165, 1.54) is 41.1 Å². The maximum Gasteiger partial charge on any atom is 0.294 e. The number of rotatable bonds is 19. The predicted octanol–water partition coefficient (Wildman–Crippen LogP) is 4.91. The number of hydrogen-bond donors (Lipinski definition) is 4. The number of nitrogens with one attached hydrogen (secondary N) is 1. The molecule has 4 N–H and O–H groups in total. The summed E-state index contributed by atoms with van der Waals surface area (Å²) in [6, 6.07) is 14.9. The van der Waals surface area contributed by atoms with Gasteiger partial charge in [-0.25, -0.2) is 4.68 Å². The zero-order chi connectivity index (χ0) is 46.8. The summed E-state index contributed by atoms with van der Waals surface area (Å²) in [6.07, 6.45) is 9.57. The smallest absolute Gasteiger partial charge is 0.294 e. The Hall–Kier alpha value is -5.71. The lowest BCUT2D eigenvalue weighted by molar-refractivity contribution is -0.437. The second-order valence-corrected chi connectivity index (χ2v) is 21.0. The highest BCUT2D eigenvalue weighted by molar-refractivity contribution is 7.86. The summed E-state index contributed by atoms with van der Waals surface area (Å²) in [6.45, 7) is 8.37. The van der Waals surface area contributed by atoms with Crippen LogP contribution in [0.3, 0.4) is 0 Å². The van der Waals surface area contributed by atoms with Gasteiger partial charge in [-0.2, -0.15) is 29.8 Å². The first-order valence-corrected chi connectivity index (χ1v) is 24.7. The zero-order valence-electron chi connectivity index (χ0n) is 35.5. The monoisotopic (exact) mass is 937 g/mol. The van der Waals surface area contributed by atoms with Crippen molar-refractivity contribution >= 4 is 65.4 Å². The molecule has 3 aromatic carbocycles. The van der Waals surface area contributed by atoms with Crippen LogP contribution in [0.15, 0.2) is 101 Å². The van der Waals surface area contributed by atoms with Crippen molar-refractivity contribution in [2.75, 3.05) is 23.7 Å². The molecule has 0 unspecified atom stereocenters. The first kappa shape index (κ1) is 47.8. The molecular weight excluding hydrogens is 889 g/mol. The number of Topliss-reactive ketones (excluding diaryl/α,β-unsaturated/α-hetero) is 1. The number of aromatic nitrogens is 3. The second-order valence-electron chi connectivity index (χ2n) is 16.6. The van der Waals surface area contributed by atoms with Gasteiger partial charge in [0.25, 0.3) is 30.4 Å². The highest BCUT2D eigenvalue weighted by Crippen LogP contribution is 2.49. The van der Waals surface area contributed by atoms with Crippen molar-refractivity contribution in [2.45, 2.75) is 87.0 Å². The third kappa shape index (κ3) is 10.6. The molecule has 21 heteroatoms. The number of anilines is 1. The Kier molecular flexibility index (Phi) is 13.7. The predicted molar refractivity (Wildman–Crippen MR) is 236 cm³/mol. The van der Waals surface area contributed by atoms with E-state index in [1.807, 2.05) is 44.4 Å². The number of benzene rings is 3. The summed E-state index contributed by atoms with van der Waals surface area (Å²) in [5, 5.41) is 11.0. The molecule has 0 spiro atoms. The third-order valence-corrected chi connectivity index (χ3v) is 13.9. The highest BCUT2D eigenvalue weighted by atomic mass is 32.2. The van der Waals surface area contributed by atoms with Gasteiger partial charge in [0.05, 0.1) is 39.4 Å². The van der Waals surface area contributed by atoms with E-state index in [-0.39, 0.29) is 53.5 Å². The zero-order valence-corrected chi connectivity index (χ0v) is 38.0. The second kappa shape index (κ2) is 18.4. The van der Waals surface area contributed by atoms with Gasteiger partial charge in [0.2, 0.25) is 17.4 Å². The Morgan fingerprint density at radius 3 is 2.11 bits per heavy atom. The van der Waals surface area contributed by atoms with Gasteiger partial charge in [-0.05, 0) is 92.9 Å². The normalized spacial score (nSPS) is 16.4. The van der Waals surface area contributed by atoms with E-state index in [9.17, 15) is 53.3 Å². The standard InChI is InChI=1S/C43H48N6O12S3/c1-42(2)34-24-32(63(56,57)58)17-19-36(34)47(21-7-5-6-12-41(52)44-26-30-27-49(46-45-30)31-15-13-29(14-16-31)38(51)28-50)39(42)10-8-11-40-43(3,4)35-25-33(64(59,60)61)18-20-37(35)48(40)22-9-23-62(53,54)55/h8,10-11,13-20,24-25,27-28H,5-7,9,12,21-23,26H2,1-4H3,(H3-,44,52,53,54,55,56,57,58,59,60,61)/p+1. The fraction of sp³-hybridized carbons (Fsp3) is 0.349. The van der Waals surface area contributed by atoms with Crippen LogP contribution in [0.25, 0.3) is 5.69 Å². The van der Waals surface area contributed by atoms with Gasteiger partial charge in [-0.15, -0.1) is 5.10 Å². The van der Waals surface area contributed by atoms with Gasteiger partial charge >= 0.3 is 0 Å². The van der Waals surface area contributed by atoms with Crippen LogP contribution >= 0.6 is 0 Å². The van der Waals surface area contributed by atoms with Crippen LogP contribution in [-0.2, 0) is 57.3 Å². The average Bonchev–Trinajstić information content (AvgIpc) is 3.84. The summed E-state index contributed by atoms with van der Waals surface area (Å²) in [5.74, 6) is -1.32. The maximum atomic E-state index is 12.8. The van der Waals surface area contributed by atoms with Crippen LogP contribution in [-0.4, -0.2) is 101 Å². The SMILES string of the molecule is CC1(C)C(=CC=CC2=[N+](CCCS(=O)(=O)O)c3ccc(S(=O)(=O)O)cc3C2(C)C)N(CCCCCC(=O)NCc2cn(-c3ccc(C(=O)C=O)cc3)nn2)c2ccc(S(=O)(=O)O)cc21. The molecule has 0 saturated carbocycles. The number of fused-ring (bicyclic) bond motifs is 2. The number of amides is 1. The van der Waals surface area contributed by atoms with Gasteiger partial charge in [0.1, 0.15) is 12.2 Å². The van der Waals surface area contributed by atoms with Crippen molar-refractivity contribution in [3.8, 4) is 5.69 Å². The van der Waals surface area contributed by atoms with E-state index in [2.05, 4.69) is 20.5 Å². The topological polar surface area (TPSA) is 263 Å². The molecule has 6 rings (SSSR count). The van der Waals surface area contributed by atoms with Crippen molar-refractivity contribution in [3.63, 3.8) is 0 Å². The molecule has 4 aromatic rings. The minimum atomic E-state index is -4.54. The minimum Gasteiger partial charge on any atom is -0.350 e. The van der Waals surface area contributed by atoms with Crippen molar-refractivity contribution < 1.29 is 57.9 Å². The lowest BCUT2D eigenvalue weighted by atomic mass is 9.81.